The minimum Gasteiger partial charge on any atom is -0.495 e. The number of aromatic nitrogens is 2. The lowest BCUT2D eigenvalue weighted by atomic mass is 9.78. The van der Waals surface area contributed by atoms with Crippen LogP contribution in [0.25, 0.3) is 0 Å². The highest BCUT2D eigenvalue weighted by Crippen LogP contribution is 2.48. The van der Waals surface area contributed by atoms with E-state index >= 15 is 0 Å². The molecule has 0 saturated carbocycles. The van der Waals surface area contributed by atoms with Crippen molar-refractivity contribution >= 4 is 68.5 Å². The molecule has 0 fully saturated rings. The summed E-state index contributed by atoms with van der Waals surface area (Å²) in [6.07, 6.45) is 1.72. The number of amides is 1. The lowest BCUT2D eigenvalue weighted by Gasteiger charge is -2.37. The minimum absolute atomic E-state index is 0.0131. The molecular weight excluding hydrogens is 604 g/mol. The largest absolute Gasteiger partial charge is 0.495 e. The molecule has 1 atom stereocenters. The second-order valence-electron chi connectivity index (χ2n) is 9.16. The summed E-state index contributed by atoms with van der Waals surface area (Å²) in [5.41, 5.74) is 9.72. The van der Waals surface area contributed by atoms with Crippen LogP contribution < -0.4 is 25.4 Å². The van der Waals surface area contributed by atoms with Gasteiger partial charge < -0.3 is 20.5 Å². The van der Waals surface area contributed by atoms with E-state index in [1.807, 2.05) is 18.4 Å². The number of nitriles is 1. The summed E-state index contributed by atoms with van der Waals surface area (Å²) in [4.78, 5) is 28.6. The number of hydrogen-bond donors (Lipinski definition) is 2. The number of nitrogens with zero attached hydrogens (tertiary/aromatic N) is 4. The van der Waals surface area contributed by atoms with Gasteiger partial charge in [-0.05, 0) is 42.8 Å². The van der Waals surface area contributed by atoms with Crippen LogP contribution in [0.4, 0.5) is 10.8 Å². The number of nitrogens with two attached hydrogens (primary N) is 1. The standard InChI is InChI=1S/C27H25ClN6O4S3/c1-13-7-8-39-24(13)22-14(11-29)25(30)34(17-5-4-6-18(35)23(17)22)26-32-33-27(41-26)40-12-21(36)31-16-9-15(28)19(37-2)10-20(16)38-3/h7-10,22H,4-6,12,30H2,1-3H3,(H,31,36). The second kappa shape index (κ2) is 12.1. The molecule has 3 aromatic rings. The van der Waals surface area contributed by atoms with Crippen molar-refractivity contribution in [2.45, 2.75) is 36.4 Å². The first-order chi connectivity index (χ1) is 19.8. The SMILES string of the molecule is COc1cc(OC)c(NC(=O)CSc2nnc(N3C(N)=C(C#N)C(c4sccc4C)C4=C3CCCC4=O)s2)cc1Cl. The van der Waals surface area contributed by atoms with Gasteiger partial charge in [-0.1, -0.05) is 34.7 Å². The van der Waals surface area contributed by atoms with Crippen LogP contribution in [0.2, 0.25) is 5.02 Å². The van der Waals surface area contributed by atoms with Gasteiger partial charge >= 0.3 is 0 Å². The zero-order valence-electron chi connectivity index (χ0n) is 22.3. The van der Waals surface area contributed by atoms with E-state index in [9.17, 15) is 14.9 Å². The van der Waals surface area contributed by atoms with Gasteiger partial charge in [0.05, 0.1) is 48.2 Å². The number of ketones is 1. The van der Waals surface area contributed by atoms with E-state index in [-0.39, 0.29) is 23.3 Å². The van der Waals surface area contributed by atoms with Crippen molar-refractivity contribution in [3.8, 4) is 17.6 Å². The van der Waals surface area contributed by atoms with Crippen LogP contribution in [-0.4, -0.2) is 41.9 Å². The topological polar surface area (TPSA) is 143 Å². The summed E-state index contributed by atoms with van der Waals surface area (Å²) in [5.74, 6) is 0.345. The predicted octanol–water partition coefficient (Wildman–Crippen LogP) is 5.61. The van der Waals surface area contributed by atoms with Crippen molar-refractivity contribution in [2.75, 3.05) is 30.2 Å². The monoisotopic (exact) mass is 628 g/mol. The number of benzene rings is 1. The van der Waals surface area contributed by atoms with Crippen LogP contribution in [0.5, 0.6) is 11.5 Å². The number of rotatable bonds is 8. The van der Waals surface area contributed by atoms with E-state index in [0.717, 1.165) is 16.1 Å². The van der Waals surface area contributed by atoms with Crippen LogP contribution in [0.15, 0.2) is 50.6 Å². The van der Waals surface area contributed by atoms with Gasteiger partial charge in [0.15, 0.2) is 10.1 Å². The lowest BCUT2D eigenvalue weighted by Crippen LogP contribution is -2.38. The van der Waals surface area contributed by atoms with E-state index in [0.29, 0.717) is 62.1 Å². The quantitative estimate of drug-likeness (QED) is 0.302. The molecule has 1 aliphatic heterocycles. The third-order valence-corrected chi connectivity index (χ3v) is 10.2. The van der Waals surface area contributed by atoms with Gasteiger partial charge in [-0.3, -0.25) is 14.5 Å². The summed E-state index contributed by atoms with van der Waals surface area (Å²) >= 11 is 10.2. The number of methoxy groups -OCH3 is 2. The molecular formula is C27H25ClN6O4S3. The van der Waals surface area contributed by atoms with Crippen LogP contribution in [0.1, 0.15) is 35.6 Å². The molecule has 0 radical (unpaired) electrons. The third kappa shape index (κ3) is 5.52. The van der Waals surface area contributed by atoms with Crippen molar-refractivity contribution in [3.05, 3.63) is 61.7 Å². The highest BCUT2D eigenvalue weighted by Gasteiger charge is 2.42. The maximum Gasteiger partial charge on any atom is 0.234 e. The third-order valence-electron chi connectivity index (χ3n) is 6.74. The summed E-state index contributed by atoms with van der Waals surface area (Å²) in [7, 11) is 2.98. The average Bonchev–Trinajstić information content (AvgIpc) is 3.60. The second-order valence-corrected chi connectivity index (χ2v) is 12.7. The van der Waals surface area contributed by atoms with Gasteiger partial charge in [-0.2, -0.15) is 5.26 Å². The Balaban J connectivity index is 1.38. The Bertz CT molecular complexity index is 1640. The normalized spacial score (nSPS) is 16.9. The van der Waals surface area contributed by atoms with Crippen molar-refractivity contribution in [3.63, 3.8) is 0 Å². The number of carbonyl (C=O) groups is 2. The first-order valence-electron chi connectivity index (χ1n) is 12.4. The molecule has 1 aliphatic carbocycles. The van der Waals surface area contributed by atoms with Gasteiger partial charge in [-0.25, -0.2) is 0 Å². The van der Waals surface area contributed by atoms with E-state index in [2.05, 4.69) is 21.6 Å². The molecule has 212 valence electrons. The molecule has 1 aromatic carbocycles. The first kappa shape index (κ1) is 28.9. The van der Waals surface area contributed by atoms with E-state index in [1.54, 1.807) is 17.0 Å². The smallest absolute Gasteiger partial charge is 0.234 e. The minimum atomic E-state index is -0.493. The fourth-order valence-corrected chi connectivity index (χ4v) is 7.84. The molecule has 3 heterocycles. The van der Waals surface area contributed by atoms with Gasteiger partial charge in [0.1, 0.15) is 17.3 Å². The Labute approximate surface area is 253 Å². The highest BCUT2D eigenvalue weighted by molar-refractivity contribution is 8.01. The molecule has 2 aliphatic rings. The maximum atomic E-state index is 13.3. The molecule has 3 N–H and O–H groups in total. The van der Waals surface area contributed by atoms with Crippen molar-refractivity contribution in [1.82, 2.24) is 10.2 Å². The Morgan fingerprint density at radius 3 is 2.76 bits per heavy atom. The Morgan fingerprint density at radius 1 is 1.29 bits per heavy atom. The van der Waals surface area contributed by atoms with Crippen LogP contribution in [0.3, 0.4) is 0 Å². The summed E-state index contributed by atoms with van der Waals surface area (Å²) in [5, 5.41) is 24.3. The Hall–Kier alpha value is -3.57. The number of thiophene rings is 1. The number of halogens is 1. The molecule has 5 rings (SSSR count). The molecule has 41 heavy (non-hydrogen) atoms. The van der Waals surface area contributed by atoms with E-state index < -0.39 is 5.92 Å². The van der Waals surface area contributed by atoms with Crippen molar-refractivity contribution in [1.29, 1.82) is 5.26 Å². The summed E-state index contributed by atoms with van der Waals surface area (Å²) < 4.78 is 11.1. The number of ether oxygens (including phenoxy) is 2. The molecule has 0 saturated heterocycles. The molecule has 1 unspecified atom stereocenters. The number of nitrogens with one attached hydrogen (secondary N) is 1. The molecule has 0 bridgehead atoms. The number of Topliss-reactive ketones (excluding diaryl/α,β-unsaturated/α-hetero) is 1. The fraction of sp³-hybridized carbons (Fsp3) is 0.296. The van der Waals surface area contributed by atoms with Crippen molar-refractivity contribution in [2.24, 2.45) is 5.73 Å². The van der Waals surface area contributed by atoms with E-state index in [1.165, 1.54) is 48.7 Å². The maximum absolute atomic E-state index is 13.3. The highest BCUT2D eigenvalue weighted by atomic mass is 35.5. The van der Waals surface area contributed by atoms with Gasteiger partial charge in [-0.15, -0.1) is 21.5 Å². The zero-order valence-corrected chi connectivity index (χ0v) is 25.5. The number of anilines is 2. The van der Waals surface area contributed by atoms with Crippen molar-refractivity contribution < 1.29 is 19.1 Å². The number of carbonyl (C=O) groups excluding carboxylic acids is 2. The number of thioether (sulfide) groups is 1. The molecule has 10 nitrogen and oxygen atoms in total. The molecule has 0 spiro atoms. The zero-order chi connectivity index (χ0) is 29.3. The average molecular weight is 629 g/mol. The van der Waals surface area contributed by atoms with Crippen LogP contribution >= 0.6 is 46.0 Å². The van der Waals surface area contributed by atoms with Gasteiger partial charge in [0.25, 0.3) is 0 Å². The van der Waals surface area contributed by atoms with Crippen LogP contribution in [-0.2, 0) is 9.59 Å². The predicted molar refractivity (Wildman–Crippen MR) is 161 cm³/mol. The number of allylic oxidation sites excluding steroid dienone is 3. The number of aryl methyl sites for hydroxylation is 1. The van der Waals surface area contributed by atoms with Gasteiger partial charge in [0, 0.05) is 28.6 Å². The summed E-state index contributed by atoms with van der Waals surface area (Å²) in [6, 6.07) is 7.40. The number of hydrogen-bond acceptors (Lipinski definition) is 12. The Kier molecular flexibility index (Phi) is 8.55. The Morgan fingerprint density at radius 2 is 2.07 bits per heavy atom. The van der Waals surface area contributed by atoms with Gasteiger partial charge in [0.2, 0.25) is 11.0 Å². The first-order valence-corrected chi connectivity index (χ1v) is 15.5. The molecule has 14 heteroatoms. The molecule has 1 amide bonds. The lowest BCUT2D eigenvalue weighted by molar-refractivity contribution is -0.116. The fourth-order valence-electron chi connectivity index (χ4n) is 4.87. The molecule has 2 aromatic heterocycles. The summed E-state index contributed by atoms with van der Waals surface area (Å²) in [6.45, 7) is 1.97. The van der Waals surface area contributed by atoms with Crippen LogP contribution in [0, 0.1) is 18.3 Å². The van der Waals surface area contributed by atoms with E-state index in [4.69, 9.17) is 26.8 Å².